The number of carboxylic acid groups (broad SMARTS) is 1. The van der Waals surface area contributed by atoms with Gasteiger partial charge < -0.3 is 23.9 Å². The predicted octanol–water partition coefficient (Wildman–Crippen LogP) is 2.69. The number of rotatable bonds is 4. The molecular formula is C20H21F3N2O6. The van der Waals surface area contributed by atoms with Crippen molar-refractivity contribution >= 4 is 11.9 Å². The first-order valence-electron chi connectivity index (χ1n) is 9.57. The predicted molar refractivity (Wildman–Crippen MR) is 99.2 cm³/mol. The summed E-state index contributed by atoms with van der Waals surface area (Å²) < 4.78 is 48.9. The van der Waals surface area contributed by atoms with E-state index >= 15 is 0 Å². The third-order valence-corrected chi connectivity index (χ3v) is 4.90. The number of fused-ring (bicyclic) bond motifs is 1. The summed E-state index contributed by atoms with van der Waals surface area (Å²) in [5, 5.41) is 7.12. The van der Waals surface area contributed by atoms with E-state index in [2.05, 4.69) is 4.98 Å². The Morgan fingerprint density at radius 3 is 2.61 bits per heavy atom. The molecule has 0 unspecified atom stereocenters. The van der Waals surface area contributed by atoms with E-state index in [4.69, 9.17) is 23.8 Å². The van der Waals surface area contributed by atoms with E-state index < -0.39 is 12.1 Å². The van der Waals surface area contributed by atoms with Crippen LogP contribution in [0.2, 0.25) is 0 Å². The fourth-order valence-corrected chi connectivity index (χ4v) is 3.56. The maximum Gasteiger partial charge on any atom is 0.490 e. The number of hydrogen-bond acceptors (Lipinski definition) is 6. The normalized spacial score (nSPS) is 22.8. The lowest BCUT2D eigenvalue weighted by molar-refractivity contribution is -0.192. The van der Waals surface area contributed by atoms with Crippen molar-refractivity contribution in [2.75, 3.05) is 13.2 Å². The van der Waals surface area contributed by atoms with E-state index in [1.165, 1.54) is 0 Å². The minimum Gasteiger partial charge on any atom is -0.475 e. The monoisotopic (exact) mass is 442 g/mol. The molecular weight excluding hydrogens is 421 g/mol. The topological polar surface area (TPSA) is 102 Å². The summed E-state index contributed by atoms with van der Waals surface area (Å²) in [6.45, 7) is 1.32. The number of pyridine rings is 1. The molecule has 1 amide bonds. The van der Waals surface area contributed by atoms with Crippen LogP contribution >= 0.6 is 0 Å². The molecule has 2 saturated heterocycles. The van der Waals surface area contributed by atoms with Crippen LogP contribution in [0.25, 0.3) is 0 Å². The lowest BCUT2D eigenvalue weighted by atomic mass is 9.95. The number of hydrogen-bond donors (Lipinski definition) is 1. The van der Waals surface area contributed by atoms with Gasteiger partial charge in [-0.15, -0.1) is 0 Å². The number of nitrogens with zero attached hydrogens (tertiary/aromatic N) is 2. The van der Waals surface area contributed by atoms with Gasteiger partial charge in [0.15, 0.2) is 0 Å². The minimum atomic E-state index is -5.08. The summed E-state index contributed by atoms with van der Waals surface area (Å²) in [6, 6.07) is 9.30. The van der Waals surface area contributed by atoms with E-state index in [1.54, 1.807) is 18.5 Å². The Morgan fingerprint density at radius 1 is 1.23 bits per heavy atom. The third kappa shape index (κ3) is 5.97. The van der Waals surface area contributed by atoms with E-state index in [-0.39, 0.29) is 24.2 Å². The molecule has 168 valence electrons. The molecule has 2 aromatic heterocycles. The molecule has 0 spiro atoms. The molecule has 0 saturated carbocycles. The van der Waals surface area contributed by atoms with Crippen molar-refractivity contribution in [1.82, 2.24) is 9.88 Å². The second-order valence-corrected chi connectivity index (χ2v) is 6.95. The van der Waals surface area contributed by atoms with Crippen molar-refractivity contribution in [1.29, 1.82) is 0 Å². The Balaban J connectivity index is 0.000000339. The van der Waals surface area contributed by atoms with Crippen molar-refractivity contribution in [2.24, 2.45) is 0 Å². The van der Waals surface area contributed by atoms with Gasteiger partial charge in [-0.25, -0.2) is 9.78 Å². The third-order valence-electron chi connectivity index (χ3n) is 4.90. The number of aromatic nitrogens is 1. The summed E-state index contributed by atoms with van der Waals surface area (Å²) in [6.07, 6.45) is -0.0666. The van der Waals surface area contributed by atoms with Crippen LogP contribution in [-0.2, 0) is 20.7 Å². The first-order chi connectivity index (χ1) is 14.8. The average Bonchev–Trinajstić information content (AvgIpc) is 3.41. The Kier molecular flexibility index (Phi) is 7.16. The number of aliphatic carboxylic acids is 1. The quantitative estimate of drug-likeness (QED) is 0.777. The second kappa shape index (κ2) is 9.82. The molecule has 1 N–H and O–H groups in total. The zero-order chi connectivity index (χ0) is 22.4. The Bertz CT molecular complexity index is 860. The van der Waals surface area contributed by atoms with Crippen molar-refractivity contribution < 1.29 is 41.8 Å². The van der Waals surface area contributed by atoms with E-state index in [0.717, 1.165) is 12.8 Å². The largest absolute Gasteiger partial charge is 0.490 e. The van der Waals surface area contributed by atoms with E-state index in [9.17, 15) is 18.0 Å². The highest BCUT2D eigenvalue weighted by Gasteiger charge is 2.45. The molecule has 2 aromatic rings. The number of furan rings is 1. The minimum absolute atomic E-state index is 0.0647. The molecule has 0 aliphatic carbocycles. The molecule has 2 aliphatic heterocycles. The molecule has 31 heavy (non-hydrogen) atoms. The standard InChI is InChI=1S/C18H20N2O4.C2HF3O2/c21-17(12-13-4-3-10-22-13)20-9-6-15(18-14(20)7-11-23-18)24-16-5-1-2-8-19-16;3-2(4,5)1(6)7/h1-5,8,10,14-15,18H,6-7,9,11-12H2;(H,6,7)/t14-,15+,18-;/m0./s1. The first kappa shape index (κ1) is 22.6. The zero-order valence-electron chi connectivity index (χ0n) is 16.3. The van der Waals surface area contributed by atoms with Gasteiger partial charge in [-0.3, -0.25) is 4.79 Å². The molecule has 4 rings (SSSR count). The van der Waals surface area contributed by atoms with Gasteiger partial charge in [-0.05, 0) is 24.6 Å². The molecule has 0 aromatic carbocycles. The fraction of sp³-hybridized carbons (Fsp3) is 0.450. The van der Waals surface area contributed by atoms with E-state index in [0.29, 0.717) is 31.2 Å². The Labute approximate surface area is 175 Å². The van der Waals surface area contributed by atoms with Crippen molar-refractivity contribution in [2.45, 2.75) is 43.7 Å². The maximum atomic E-state index is 12.6. The Morgan fingerprint density at radius 2 is 2.00 bits per heavy atom. The highest BCUT2D eigenvalue weighted by molar-refractivity contribution is 5.78. The SMILES string of the molecule is O=C(Cc1ccco1)N1CC[C@@H](Oc2ccccn2)[C@H]2OCC[C@@H]21.O=C(O)C(F)(F)F. The summed E-state index contributed by atoms with van der Waals surface area (Å²) in [4.78, 5) is 27.7. The van der Waals surface area contributed by atoms with Gasteiger partial charge in [0.1, 0.15) is 18.0 Å². The van der Waals surface area contributed by atoms with Crippen LogP contribution in [0.5, 0.6) is 5.88 Å². The molecule has 11 heteroatoms. The molecule has 4 heterocycles. The van der Waals surface area contributed by atoms with Crippen molar-refractivity contribution in [3.05, 3.63) is 48.6 Å². The fourth-order valence-electron chi connectivity index (χ4n) is 3.56. The number of carbonyl (C=O) groups excluding carboxylic acids is 1. The van der Waals surface area contributed by atoms with Gasteiger partial charge in [0, 0.05) is 31.8 Å². The molecule has 8 nitrogen and oxygen atoms in total. The molecule has 0 radical (unpaired) electrons. The maximum absolute atomic E-state index is 12.6. The summed E-state index contributed by atoms with van der Waals surface area (Å²) >= 11 is 0. The van der Waals surface area contributed by atoms with Crippen LogP contribution in [0.3, 0.4) is 0 Å². The zero-order valence-corrected chi connectivity index (χ0v) is 16.3. The number of piperidine rings is 1. The Hall–Kier alpha value is -3.08. The van der Waals surface area contributed by atoms with Crippen LogP contribution in [-0.4, -0.2) is 64.4 Å². The molecule has 0 bridgehead atoms. The lowest BCUT2D eigenvalue weighted by Crippen LogP contribution is -2.56. The van der Waals surface area contributed by atoms with Crippen molar-refractivity contribution in [3.8, 4) is 5.88 Å². The summed E-state index contributed by atoms with van der Waals surface area (Å²) in [5.74, 6) is -1.37. The van der Waals surface area contributed by atoms with Crippen LogP contribution in [0.4, 0.5) is 13.2 Å². The summed E-state index contributed by atoms with van der Waals surface area (Å²) in [5.41, 5.74) is 0. The average molecular weight is 442 g/mol. The number of alkyl halides is 3. The van der Waals surface area contributed by atoms with Crippen LogP contribution in [0.1, 0.15) is 18.6 Å². The molecule has 2 fully saturated rings. The van der Waals surface area contributed by atoms with Crippen molar-refractivity contribution in [3.63, 3.8) is 0 Å². The molecule has 2 aliphatic rings. The first-order valence-corrected chi connectivity index (χ1v) is 9.57. The smallest absolute Gasteiger partial charge is 0.475 e. The summed E-state index contributed by atoms with van der Waals surface area (Å²) in [7, 11) is 0. The van der Waals surface area contributed by atoms with Crippen LogP contribution in [0.15, 0.2) is 47.2 Å². The van der Waals surface area contributed by atoms with Crippen LogP contribution in [0, 0.1) is 0 Å². The van der Waals surface area contributed by atoms with Gasteiger partial charge in [-0.2, -0.15) is 13.2 Å². The van der Waals surface area contributed by atoms with Gasteiger partial charge in [0.25, 0.3) is 0 Å². The van der Waals surface area contributed by atoms with Gasteiger partial charge in [-0.1, -0.05) is 6.07 Å². The highest BCUT2D eigenvalue weighted by Crippen LogP contribution is 2.31. The molecule has 3 atom stereocenters. The number of likely N-dealkylation sites (tertiary alicyclic amines) is 1. The number of amides is 1. The lowest BCUT2D eigenvalue weighted by Gasteiger charge is -2.40. The number of ether oxygens (including phenoxy) is 2. The second-order valence-electron chi connectivity index (χ2n) is 6.95. The number of carboxylic acids is 1. The highest BCUT2D eigenvalue weighted by atomic mass is 19.4. The van der Waals surface area contributed by atoms with Gasteiger partial charge in [0.2, 0.25) is 11.8 Å². The van der Waals surface area contributed by atoms with E-state index in [1.807, 2.05) is 29.2 Å². The number of carbonyl (C=O) groups is 2. The van der Waals surface area contributed by atoms with Crippen LogP contribution < -0.4 is 4.74 Å². The van der Waals surface area contributed by atoms with Gasteiger partial charge in [0.05, 0.1) is 18.7 Å². The van der Waals surface area contributed by atoms with Gasteiger partial charge >= 0.3 is 12.1 Å². The number of halogens is 3.